The summed E-state index contributed by atoms with van der Waals surface area (Å²) in [6.07, 6.45) is 0.397. The largest absolute Gasteiger partial charge is 0.493 e. The minimum Gasteiger partial charge on any atom is -0.493 e. The van der Waals surface area contributed by atoms with Crippen LogP contribution >= 0.6 is 0 Å². The zero-order valence-corrected chi connectivity index (χ0v) is 13.5. The van der Waals surface area contributed by atoms with Crippen LogP contribution in [0.1, 0.15) is 45.7 Å². The Morgan fingerprint density at radius 1 is 1.19 bits per heavy atom. The first-order chi connectivity index (χ1) is 10.0. The van der Waals surface area contributed by atoms with E-state index in [9.17, 15) is 4.79 Å². The molecule has 21 heavy (non-hydrogen) atoms. The normalized spacial score (nSPS) is 12.2. The molecule has 0 aliphatic rings. The Bertz CT molecular complexity index is 415. The minimum absolute atomic E-state index is 0.158. The first-order valence-corrected chi connectivity index (χ1v) is 7.64. The zero-order chi connectivity index (χ0) is 15.7. The molecule has 0 fully saturated rings. The quantitative estimate of drug-likeness (QED) is 0.710. The number of carbonyl (C=O) groups excluding carboxylic acids is 1. The van der Waals surface area contributed by atoms with Crippen molar-refractivity contribution in [2.45, 2.75) is 40.2 Å². The Kier molecular flexibility index (Phi) is 7.83. The highest BCUT2D eigenvalue weighted by Crippen LogP contribution is 2.18. The number of carbonyl (C=O) groups is 1. The van der Waals surface area contributed by atoms with Gasteiger partial charge in [-0.2, -0.15) is 0 Å². The van der Waals surface area contributed by atoms with Crippen molar-refractivity contribution in [1.82, 2.24) is 5.32 Å². The zero-order valence-electron chi connectivity index (χ0n) is 13.5. The number of benzene rings is 1. The summed E-state index contributed by atoms with van der Waals surface area (Å²) in [5.74, 6) is 1.26. The van der Waals surface area contributed by atoms with Crippen LogP contribution in [0.25, 0.3) is 0 Å². The van der Waals surface area contributed by atoms with Gasteiger partial charge in [0.25, 0.3) is 0 Å². The van der Waals surface area contributed by atoms with E-state index < -0.39 is 0 Å². The number of hydrogen-bond acceptors (Lipinski definition) is 4. The van der Waals surface area contributed by atoms with Crippen molar-refractivity contribution in [2.24, 2.45) is 5.92 Å². The van der Waals surface area contributed by atoms with Crippen LogP contribution in [0, 0.1) is 5.92 Å². The molecule has 0 radical (unpaired) electrons. The number of rotatable bonds is 9. The molecule has 1 aromatic carbocycles. The summed E-state index contributed by atoms with van der Waals surface area (Å²) in [4.78, 5) is 11.3. The SMILES string of the molecule is CCOC(=O)CCNC(C)c1ccc(OCC(C)C)cc1. The second-order valence-corrected chi connectivity index (χ2v) is 5.50. The second-order valence-electron chi connectivity index (χ2n) is 5.50. The van der Waals surface area contributed by atoms with Gasteiger partial charge in [-0.1, -0.05) is 26.0 Å². The van der Waals surface area contributed by atoms with E-state index in [1.807, 2.05) is 19.1 Å². The number of esters is 1. The molecule has 0 spiro atoms. The summed E-state index contributed by atoms with van der Waals surface area (Å²) in [6.45, 7) is 9.93. The minimum atomic E-state index is -0.158. The van der Waals surface area contributed by atoms with Gasteiger partial charge in [-0.3, -0.25) is 4.79 Å². The van der Waals surface area contributed by atoms with Crippen LogP contribution in [0.15, 0.2) is 24.3 Å². The van der Waals surface area contributed by atoms with Crippen LogP contribution in [-0.4, -0.2) is 25.7 Å². The summed E-state index contributed by atoms with van der Waals surface area (Å²) < 4.78 is 10.6. The third kappa shape index (κ3) is 7.14. The molecule has 1 unspecified atom stereocenters. The number of hydrogen-bond donors (Lipinski definition) is 1. The predicted molar refractivity (Wildman–Crippen MR) is 84.4 cm³/mol. The standard InChI is InChI=1S/C17H27NO3/c1-5-20-17(19)10-11-18-14(4)15-6-8-16(9-7-15)21-12-13(2)3/h6-9,13-14,18H,5,10-12H2,1-4H3. The van der Waals surface area contributed by atoms with E-state index in [-0.39, 0.29) is 12.0 Å². The Morgan fingerprint density at radius 2 is 1.86 bits per heavy atom. The van der Waals surface area contributed by atoms with Gasteiger partial charge in [-0.25, -0.2) is 0 Å². The molecule has 0 heterocycles. The Balaban J connectivity index is 2.37. The third-order valence-electron chi connectivity index (χ3n) is 3.05. The van der Waals surface area contributed by atoms with Crippen molar-refractivity contribution in [1.29, 1.82) is 0 Å². The van der Waals surface area contributed by atoms with E-state index in [2.05, 4.69) is 38.2 Å². The first kappa shape index (κ1) is 17.5. The number of ether oxygens (including phenoxy) is 2. The van der Waals surface area contributed by atoms with Crippen molar-refractivity contribution < 1.29 is 14.3 Å². The van der Waals surface area contributed by atoms with Gasteiger partial charge in [0.1, 0.15) is 5.75 Å². The molecule has 0 amide bonds. The van der Waals surface area contributed by atoms with Gasteiger partial charge < -0.3 is 14.8 Å². The summed E-state index contributed by atoms with van der Waals surface area (Å²) in [6, 6.07) is 8.27. The Labute approximate surface area is 127 Å². The highest BCUT2D eigenvalue weighted by molar-refractivity contribution is 5.69. The highest BCUT2D eigenvalue weighted by atomic mass is 16.5. The highest BCUT2D eigenvalue weighted by Gasteiger charge is 2.07. The first-order valence-electron chi connectivity index (χ1n) is 7.64. The molecule has 0 saturated carbocycles. The van der Waals surface area contributed by atoms with E-state index in [0.29, 0.717) is 25.5 Å². The van der Waals surface area contributed by atoms with Crippen molar-refractivity contribution in [3.05, 3.63) is 29.8 Å². The molecule has 1 rings (SSSR count). The molecule has 0 aromatic heterocycles. The molecule has 1 N–H and O–H groups in total. The van der Waals surface area contributed by atoms with Gasteiger partial charge in [0.2, 0.25) is 0 Å². The monoisotopic (exact) mass is 293 g/mol. The Morgan fingerprint density at radius 3 is 2.43 bits per heavy atom. The molecule has 1 aromatic rings. The fourth-order valence-corrected chi connectivity index (χ4v) is 1.86. The van der Waals surface area contributed by atoms with Crippen LogP contribution in [0.5, 0.6) is 5.75 Å². The van der Waals surface area contributed by atoms with Crippen LogP contribution in [0.3, 0.4) is 0 Å². The Hall–Kier alpha value is -1.55. The summed E-state index contributed by atoms with van der Waals surface area (Å²) in [5, 5.41) is 3.32. The van der Waals surface area contributed by atoms with Gasteiger partial charge in [-0.15, -0.1) is 0 Å². The summed E-state index contributed by atoms with van der Waals surface area (Å²) >= 11 is 0. The molecule has 0 aliphatic carbocycles. The summed E-state index contributed by atoms with van der Waals surface area (Å²) in [5.41, 5.74) is 1.18. The molecule has 1 atom stereocenters. The van der Waals surface area contributed by atoms with Crippen molar-refractivity contribution in [2.75, 3.05) is 19.8 Å². The second kappa shape index (κ2) is 9.40. The molecule has 4 nitrogen and oxygen atoms in total. The van der Waals surface area contributed by atoms with Crippen molar-refractivity contribution in [3.63, 3.8) is 0 Å². The maximum absolute atomic E-state index is 11.3. The maximum atomic E-state index is 11.3. The molecule has 4 heteroatoms. The van der Waals surface area contributed by atoms with Gasteiger partial charge in [0.15, 0.2) is 0 Å². The number of nitrogens with one attached hydrogen (secondary N) is 1. The average Bonchev–Trinajstić information content (AvgIpc) is 2.45. The topological polar surface area (TPSA) is 47.6 Å². The lowest BCUT2D eigenvalue weighted by atomic mass is 10.1. The lowest BCUT2D eigenvalue weighted by Crippen LogP contribution is -2.22. The fraction of sp³-hybridized carbons (Fsp3) is 0.588. The van der Waals surface area contributed by atoms with Crippen LogP contribution in [0.2, 0.25) is 0 Å². The summed E-state index contributed by atoms with van der Waals surface area (Å²) in [7, 11) is 0. The predicted octanol–water partition coefficient (Wildman–Crippen LogP) is 3.33. The van der Waals surface area contributed by atoms with Gasteiger partial charge in [0.05, 0.1) is 19.6 Å². The lowest BCUT2D eigenvalue weighted by Gasteiger charge is -2.15. The third-order valence-corrected chi connectivity index (χ3v) is 3.05. The van der Waals surface area contributed by atoms with Crippen LogP contribution < -0.4 is 10.1 Å². The average molecular weight is 293 g/mol. The van der Waals surface area contributed by atoms with Crippen molar-refractivity contribution in [3.8, 4) is 5.75 Å². The van der Waals surface area contributed by atoms with Crippen LogP contribution in [0.4, 0.5) is 0 Å². The van der Waals surface area contributed by atoms with Gasteiger partial charge in [-0.05, 0) is 37.5 Å². The molecular weight excluding hydrogens is 266 g/mol. The van der Waals surface area contributed by atoms with Crippen molar-refractivity contribution >= 4 is 5.97 Å². The van der Waals surface area contributed by atoms with Gasteiger partial charge in [0, 0.05) is 12.6 Å². The molecule has 0 bridgehead atoms. The molecule has 0 saturated heterocycles. The van der Waals surface area contributed by atoms with E-state index in [1.165, 1.54) is 5.56 Å². The maximum Gasteiger partial charge on any atom is 0.307 e. The van der Waals surface area contributed by atoms with E-state index in [4.69, 9.17) is 9.47 Å². The lowest BCUT2D eigenvalue weighted by molar-refractivity contribution is -0.143. The molecule has 0 aliphatic heterocycles. The smallest absolute Gasteiger partial charge is 0.307 e. The fourth-order valence-electron chi connectivity index (χ4n) is 1.86. The molecule has 118 valence electrons. The van der Waals surface area contributed by atoms with E-state index in [1.54, 1.807) is 0 Å². The van der Waals surface area contributed by atoms with E-state index >= 15 is 0 Å². The van der Waals surface area contributed by atoms with Gasteiger partial charge >= 0.3 is 5.97 Å². The molecular formula is C17H27NO3. The van der Waals surface area contributed by atoms with Crippen LogP contribution in [-0.2, 0) is 9.53 Å². The van der Waals surface area contributed by atoms with E-state index in [0.717, 1.165) is 12.4 Å².